The van der Waals surface area contributed by atoms with Crippen LogP contribution in [0.1, 0.15) is 53.5 Å². The lowest BCUT2D eigenvalue weighted by Crippen LogP contribution is -2.41. The maximum atomic E-state index is 12.1. The molecule has 26 heavy (non-hydrogen) atoms. The van der Waals surface area contributed by atoms with Crippen LogP contribution in [0.25, 0.3) is 0 Å². The maximum absolute atomic E-state index is 12.1. The highest BCUT2D eigenvalue weighted by Crippen LogP contribution is 2.20. The molecule has 5 nitrogen and oxygen atoms in total. The van der Waals surface area contributed by atoms with Crippen molar-refractivity contribution >= 4 is 6.09 Å². The Kier molecular flexibility index (Phi) is 7.69. The van der Waals surface area contributed by atoms with Crippen molar-refractivity contribution in [2.75, 3.05) is 0 Å². The fourth-order valence-corrected chi connectivity index (χ4v) is 2.39. The molecule has 146 valence electrons. The zero-order valence-corrected chi connectivity index (χ0v) is 16.8. The topological polar surface area (TPSA) is 67.8 Å². The lowest BCUT2D eigenvalue weighted by atomic mass is 10.0. The standard InChI is InChI=1S/C21H33NO4/c1-8-17(23)14-16(22-19(24)26-21(5,6)7)13-15-9-11-18(12-10-15)25-20(2,3)4/h8-12,16-17,23H,1,13-14H2,2-7H3,(H,22,24)/t16-,17+/m0/s1. The number of amides is 1. The second-order valence-electron chi connectivity index (χ2n) is 8.44. The van der Waals surface area contributed by atoms with Crippen molar-refractivity contribution in [3.05, 3.63) is 42.5 Å². The number of alkyl carbamates (subject to hydrolysis) is 1. The van der Waals surface area contributed by atoms with Crippen LogP contribution in [0, 0.1) is 0 Å². The van der Waals surface area contributed by atoms with Crippen molar-refractivity contribution in [1.82, 2.24) is 5.32 Å². The Hall–Kier alpha value is -2.01. The van der Waals surface area contributed by atoms with Gasteiger partial charge in [-0.05, 0) is 72.1 Å². The summed E-state index contributed by atoms with van der Waals surface area (Å²) in [5.41, 5.74) is 0.206. The van der Waals surface area contributed by atoms with E-state index in [9.17, 15) is 9.90 Å². The molecule has 0 aliphatic carbocycles. The predicted molar refractivity (Wildman–Crippen MR) is 105 cm³/mol. The van der Waals surface area contributed by atoms with Crippen molar-refractivity contribution in [3.8, 4) is 5.75 Å². The highest BCUT2D eigenvalue weighted by atomic mass is 16.6. The molecule has 0 saturated heterocycles. The van der Waals surface area contributed by atoms with Gasteiger partial charge in [0.15, 0.2) is 0 Å². The molecule has 1 rings (SSSR count). The molecule has 0 bridgehead atoms. The van der Waals surface area contributed by atoms with Gasteiger partial charge in [-0.1, -0.05) is 18.2 Å². The number of benzene rings is 1. The lowest BCUT2D eigenvalue weighted by Gasteiger charge is -2.25. The molecule has 0 aromatic heterocycles. The molecule has 1 amide bonds. The highest BCUT2D eigenvalue weighted by molar-refractivity contribution is 5.68. The van der Waals surface area contributed by atoms with E-state index in [2.05, 4.69) is 11.9 Å². The molecule has 1 aromatic rings. The van der Waals surface area contributed by atoms with E-state index in [1.807, 2.05) is 65.8 Å². The summed E-state index contributed by atoms with van der Waals surface area (Å²) in [5, 5.41) is 12.7. The van der Waals surface area contributed by atoms with Crippen molar-refractivity contribution in [2.45, 2.75) is 77.7 Å². The first-order valence-corrected chi connectivity index (χ1v) is 8.96. The van der Waals surface area contributed by atoms with Crippen LogP contribution in [0.3, 0.4) is 0 Å². The number of aliphatic hydroxyl groups is 1. The average molecular weight is 363 g/mol. The quantitative estimate of drug-likeness (QED) is 0.711. The van der Waals surface area contributed by atoms with E-state index in [0.717, 1.165) is 11.3 Å². The van der Waals surface area contributed by atoms with Gasteiger partial charge >= 0.3 is 6.09 Å². The number of nitrogens with one attached hydrogen (secondary N) is 1. The Morgan fingerprint density at radius 3 is 2.19 bits per heavy atom. The van der Waals surface area contributed by atoms with Crippen molar-refractivity contribution in [1.29, 1.82) is 0 Å². The number of ether oxygens (including phenoxy) is 2. The van der Waals surface area contributed by atoms with Gasteiger partial charge in [0.2, 0.25) is 0 Å². The van der Waals surface area contributed by atoms with Gasteiger partial charge in [-0.15, -0.1) is 6.58 Å². The molecule has 0 heterocycles. The first-order valence-electron chi connectivity index (χ1n) is 8.96. The summed E-state index contributed by atoms with van der Waals surface area (Å²) in [6.45, 7) is 15.0. The summed E-state index contributed by atoms with van der Waals surface area (Å²) in [6, 6.07) is 7.48. The number of carbonyl (C=O) groups is 1. The zero-order chi connectivity index (χ0) is 20.0. The first kappa shape index (κ1) is 22.0. The van der Waals surface area contributed by atoms with Crippen molar-refractivity contribution in [3.63, 3.8) is 0 Å². The van der Waals surface area contributed by atoms with Crippen LogP contribution in [-0.2, 0) is 11.2 Å². The second kappa shape index (κ2) is 9.08. The minimum absolute atomic E-state index is 0.254. The molecule has 0 aliphatic heterocycles. The Balaban J connectivity index is 2.78. The van der Waals surface area contributed by atoms with Gasteiger partial charge in [-0.25, -0.2) is 4.79 Å². The van der Waals surface area contributed by atoms with Crippen LogP contribution in [0.2, 0.25) is 0 Å². The van der Waals surface area contributed by atoms with Crippen LogP contribution in [0.4, 0.5) is 4.79 Å². The van der Waals surface area contributed by atoms with E-state index in [1.165, 1.54) is 6.08 Å². The molecule has 0 fully saturated rings. The van der Waals surface area contributed by atoms with Gasteiger partial charge in [0.25, 0.3) is 0 Å². The van der Waals surface area contributed by atoms with Gasteiger partial charge in [-0.3, -0.25) is 0 Å². The molecule has 0 saturated carbocycles. The Bertz CT molecular complexity index is 582. The van der Waals surface area contributed by atoms with Crippen molar-refractivity contribution < 1.29 is 19.4 Å². The van der Waals surface area contributed by atoms with Gasteiger partial charge in [-0.2, -0.15) is 0 Å². The van der Waals surface area contributed by atoms with Crippen LogP contribution in [0.5, 0.6) is 5.75 Å². The molecular formula is C21H33NO4. The Morgan fingerprint density at radius 1 is 1.15 bits per heavy atom. The largest absolute Gasteiger partial charge is 0.488 e. The highest BCUT2D eigenvalue weighted by Gasteiger charge is 2.21. The third-order valence-corrected chi connectivity index (χ3v) is 3.35. The van der Waals surface area contributed by atoms with Gasteiger partial charge in [0.05, 0.1) is 6.10 Å². The fraction of sp³-hybridized carbons (Fsp3) is 0.571. The molecule has 2 atom stereocenters. The SMILES string of the molecule is C=C[C@@H](O)C[C@H](Cc1ccc(OC(C)(C)C)cc1)NC(=O)OC(C)(C)C. The van der Waals surface area contributed by atoms with E-state index in [4.69, 9.17) is 9.47 Å². The summed E-state index contributed by atoms with van der Waals surface area (Å²) in [5.74, 6) is 0.795. The van der Waals surface area contributed by atoms with Crippen LogP contribution in [-0.4, -0.2) is 34.5 Å². The number of rotatable bonds is 7. The van der Waals surface area contributed by atoms with E-state index in [0.29, 0.717) is 12.8 Å². The second-order valence-corrected chi connectivity index (χ2v) is 8.44. The first-order chi connectivity index (χ1) is 11.9. The van der Waals surface area contributed by atoms with Crippen LogP contribution < -0.4 is 10.1 Å². The fourth-order valence-electron chi connectivity index (χ4n) is 2.39. The number of carbonyl (C=O) groups excluding carboxylic acids is 1. The summed E-state index contributed by atoms with van der Waals surface area (Å²) in [4.78, 5) is 12.1. The molecule has 5 heteroatoms. The monoisotopic (exact) mass is 363 g/mol. The smallest absolute Gasteiger partial charge is 0.407 e. The lowest BCUT2D eigenvalue weighted by molar-refractivity contribution is 0.0491. The number of hydrogen-bond donors (Lipinski definition) is 2. The predicted octanol–water partition coefficient (Wildman–Crippen LogP) is 4.24. The van der Waals surface area contributed by atoms with Gasteiger partial charge in [0.1, 0.15) is 17.0 Å². The van der Waals surface area contributed by atoms with E-state index >= 15 is 0 Å². The third kappa shape index (κ3) is 9.47. The summed E-state index contributed by atoms with van der Waals surface area (Å²) in [6.07, 6.45) is 1.21. The molecule has 0 spiro atoms. The molecule has 0 radical (unpaired) electrons. The Morgan fingerprint density at radius 2 is 1.73 bits per heavy atom. The molecule has 0 unspecified atom stereocenters. The van der Waals surface area contributed by atoms with Crippen molar-refractivity contribution in [2.24, 2.45) is 0 Å². The maximum Gasteiger partial charge on any atom is 0.407 e. The number of hydrogen-bond acceptors (Lipinski definition) is 4. The zero-order valence-electron chi connectivity index (χ0n) is 16.8. The third-order valence-electron chi connectivity index (χ3n) is 3.35. The molecule has 0 aliphatic rings. The van der Waals surface area contributed by atoms with Gasteiger partial charge in [0, 0.05) is 6.04 Å². The number of aliphatic hydroxyl groups excluding tert-OH is 1. The average Bonchev–Trinajstić information content (AvgIpc) is 2.45. The minimum atomic E-state index is -0.696. The normalized spacial score (nSPS) is 14.3. The summed E-state index contributed by atoms with van der Waals surface area (Å²) in [7, 11) is 0. The summed E-state index contributed by atoms with van der Waals surface area (Å²) >= 11 is 0. The van der Waals surface area contributed by atoms with E-state index < -0.39 is 17.8 Å². The molecular weight excluding hydrogens is 330 g/mol. The summed E-state index contributed by atoms with van der Waals surface area (Å²) < 4.78 is 11.1. The molecule has 2 N–H and O–H groups in total. The van der Waals surface area contributed by atoms with Crippen LogP contribution >= 0.6 is 0 Å². The van der Waals surface area contributed by atoms with Crippen LogP contribution in [0.15, 0.2) is 36.9 Å². The van der Waals surface area contributed by atoms with Gasteiger partial charge < -0.3 is 19.9 Å². The van der Waals surface area contributed by atoms with E-state index in [-0.39, 0.29) is 11.6 Å². The molecule has 1 aromatic carbocycles. The minimum Gasteiger partial charge on any atom is -0.488 e. The van der Waals surface area contributed by atoms with E-state index in [1.54, 1.807) is 0 Å². The Labute approximate surface area is 157 Å².